The topological polar surface area (TPSA) is 29.9 Å². The molecule has 20 heavy (non-hydrogen) atoms. The largest absolute Gasteiger partial charge is 0.311 e. The van der Waals surface area contributed by atoms with E-state index in [1.807, 2.05) is 0 Å². The van der Waals surface area contributed by atoms with E-state index in [0.717, 1.165) is 13.1 Å². The van der Waals surface area contributed by atoms with Gasteiger partial charge in [0.05, 0.1) is 11.7 Å². The van der Waals surface area contributed by atoms with Crippen molar-refractivity contribution in [2.75, 3.05) is 6.54 Å². The number of hydrogen-bond donors (Lipinski definition) is 1. The molecule has 2 saturated carbocycles. The second-order valence-electron chi connectivity index (χ2n) is 6.42. The molecule has 2 unspecified atom stereocenters. The Bertz CT molecular complexity index is 412. The molecule has 0 bridgehead atoms. The maximum atomic E-state index is 6.39. The number of nitrogens with zero attached hydrogens (tertiary/aromatic N) is 2. The third-order valence-corrected chi connectivity index (χ3v) is 5.47. The van der Waals surface area contributed by atoms with E-state index in [4.69, 9.17) is 16.7 Å². The van der Waals surface area contributed by atoms with Crippen LogP contribution in [0.2, 0.25) is 0 Å². The predicted molar refractivity (Wildman–Crippen MR) is 83.0 cm³/mol. The van der Waals surface area contributed by atoms with Gasteiger partial charge in [0, 0.05) is 18.1 Å². The van der Waals surface area contributed by atoms with Crippen LogP contribution in [-0.4, -0.2) is 21.7 Å². The molecule has 0 saturated heterocycles. The smallest absolute Gasteiger partial charge is 0.0762 e. The Balaban J connectivity index is 1.44. The highest BCUT2D eigenvalue weighted by Gasteiger charge is 2.22. The van der Waals surface area contributed by atoms with Gasteiger partial charge in [0.15, 0.2) is 0 Å². The van der Waals surface area contributed by atoms with Crippen LogP contribution in [0.25, 0.3) is 0 Å². The van der Waals surface area contributed by atoms with Crippen molar-refractivity contribution in [1.82, 2.24) is 15.1 Å². The van der Waals surface area contributed by atoms with E-state index in [9.17, 15) is 0 Å². The molecule has 0 amide bonds. The van der Waals surface area contributed by atoms with Crippen molar-refractivity contribution in [2.45, 2.75) is 69.3 Å². The Morgan fingerprint density at radius 3 is 2.70 bits per heavy atom. The van der Waals surface area contributed by atoms with Crippen molar-refractivity contribution in [3.63, 3.8) is 0 Å². The Morgan fingerprint density at radius 2 is 1.90 bits per heavy atom. The molecule has 0 aromatic carbocycles. The number of aromatic nitrogens is 2. The fraction of sp³-hybridized carbons (Fsp3) is 0.812. The number of hydrogen-bond acceptors (Lipinski definition) is 2. The van der Waals surface area contributed by atoms with Gasteiger partial charge in [0.2, 0.25) is 0 Å². The molecule has 3 rings (SSSR count). The molecule has 0 aliphatic heterocycles. The SMILES string of the molecule is ClC1CCCCC1CNCc1ccn(C2CCCC2)n1. The first-order chi connectivity index (χ1) is 9.83. The molecule has 0 spiro atoms. The summed E-state index contributed by atoms with van der Waals surface area (Å²) in [6.07, 6.45) is 12.6. The monoisotopic (exact) mass is 295 g/mol. The van der Waals surface area contributed by atoms with Crippen molar-refractivity contribution >= 4 is 11.6 Å². The standard InChI is InChI=1S/C16H26ClN3/c17-16-8-4-1-5-13(16)11-18-12-14-9-10-20(19-14)15-6-2-3-7-15/h9-10,13,15-16,18H,1-8,11-12H2. The first kappa shape index (κ1) is 14.4. The van der Waals surface area contributed by atoms with E-state index in [1.165, 1.54) is 57.1 Å². The summed E-state index contributed by atoms with van der Waals surface area (Å²) in [5.41, 5.74) is 1.17. The van der Waals surface area contributed by atoms with Crippen LogP contribution in [0.3, 0.4) is 0 Å². The van der Waals surface area contributed by atoms with E-state index >= 15 is 0 Å². The van der Waals surface area contributed by atoms with Crippen molar-refractivity contribution in [2.24, 2.45) is 5.92 Å². The molecule has 2 aliphatic carbocycles. The summed E-state index contributed by atoms with van der Waals surface area (Å²) >= 11 is 6.39. The third-order valence-electron chi connectivity index (χ3n) is 4.89. The van der Waals surface area contributed by atoms with Crippen LogP contribution >= 0.6 is 11.6 Å². The van der Waals surface area contributed by atoms with Crippen molar-refractivity contribution in [3.05, 3.63) is 18.0 Å². The van der Waals surface area contributed by atoms with Crippen LogP contribution in [0.4, 0.5) is 0 Å². The molecule has 1 aromatic rings. The van der Waals surface area contributed by atoms with Crippen molar-refractivity contribution < 1.29 is 0 Å². The molecule has 2 atom stereocenters. The first-order valence-corrected chi connectivity index (χ1v) is 8.65. The van der Waals surface area contributed by atoms with Gasteiger partial charge >= 0.3 is 0 Å². The van der Waals surface area contributed by atoms with E-state index < -0.39 is 0 Å². The van der Waals surface area contributed by atoms with Gasteiger partial charge in [0.1, 0.15) is 0 Å². The molecule has 2 fully saturated rings. The molecular weight excluding hydrogens is 270 g/mol. The van der Waals surface area contributed by atoms with Crippen LogP contribution < -0.4 is 5.32 Å². The van der Waals surface area contributed by atoms with Gasteiger partial charge in [-0.1, -0.05) is 25.7 Å². The van der Waals surface area contributed by atoms with E-state index in [-0.39, 0.29) is 0 Å². The zero-order valence-electron chi connectivity index (χ0n) is 12.2. The highest BCUT2D eigenvalue weighted by molar-refractivity contribution is 6.20. The number of alkyl halides is 1. The highest BCUT2D eigenvalue weighted by atomic mass is 35.5. The lowest BCUT2D eigenvalue weighted by Gasteiger charge is -2.27. The maximum absolute atomic E-state index is 6.39. The van der Waals surface area contributed by atoms with Crippen LogP contribution in [-0.2, 0) is 6.54 Å². The molecular formula is C16H26ClN3. The Kier molecular flexibility index (Phi) is 5.00. The van der Waals surface area contributed by atoms with Crippen molar-refractivity contribution in [1.29, 1.82) is 0 Å². The average molecular weight is 296 g/mol. The Hall–Kier alpha value is -0.540. The molecule has 0 radical (unpaired) electrons. The molecule has 1 aromatic heterocycles. The van der Waals surface area contributed by atoms with Gasteiger partial charge in [-0.25, -0.2) is 0 Å². The average Bonchev–Trinajstić information content (AvgIpc) is 3.11. The minimum Gasteiger partial charge on any atom is -0.311 e. The van der Waals surface area contributed by atoms with Crippen LogP contribution in [0, 0.1) is 5.92 Å². The molecule has 4 heteroatoms. The third kappa shape index (κ3) is 3.56. The lowest BCUT2D eigenvalue weighted by atomic mass is 9.89. The van der Waals surface area contributed by atoms with Crippen LogP contribution in [0.1, 0.15) is 63.1 Å². The van der Waals surface area contributed by atoms with E-state index in [1.54, 1.807) is 0 Å². The summed E-state index contributed by atoms with van der Waals surface area (Å²) in [5, 5.41) is 8.63. The van der Waals surface area contributed by atoms with Gasteiger partial charge in [-0.05, 0) is 44.2 Å². The summed E-state index contributed by atoms with van der Waals surface area (Å²) in [4.78, 5) is 0. The number of nitrogens with one attached hydrogen (secondary N) is 1. The lowest BCUT2D eigenvalue weighted by Crippen LogP contribution is -2.31. The predicted octanol–water partition coefficient (Wildman–Crippen LogP) is 3.89. The Morgan fingerprint density at radius 1 is 1.15 bits per heavy atom. The van der Waals surface area contributed by atoms with Crippen molar-refractivity contribution in [3.8, 4) is 0 Å². The van der Waals surface area contributed by atoms with Crippen LogP contribution in [0.5, 0.6) is 0 Å². The van der Waals surface area contributed by atoms with Gasteiger partial charge in [-0.3, -0.25) is 4.68 Å². The number of rotatable bonds is 5. The zero-order valence-corrected chi connectivity index (χ0v) is 13.0. The van der Waals surface area contributed by atoms with Gasteiger partial charge in [0.25, 0.3) is 0 Å². The minimum atomic E-state index is 0.368. The molecule has 3 nitrogen and oxygen atoms in total. The number of halogens is 1. The second-order valence-corrected chi connectivity index (χ2v) is 6.98. The van der Waals surface area contributed by atoms with Crippen LogP contribution in [0.15, 0.2) is 12.3 Å². The zero-order chi connectivity index (χ0) is 13.8. The summed E-state index contributed by atoms with van der Waals surface area (Å²) < 4.78 is 2.18. The molecule has 1 N–H and O–H groups in total. The Labute approximate surface area is 127 Å². The highest BCUT2D eigenvalue weighted by Crippen LogP contribution is 2.29. The second kappa shape index (κ2) is 6.95. The molecule has 2 aliphatic rings. The summed E-state index contributed by atoms with van der Waals surface area (Å²) in [7, 11) is 0. The van der Waals surface area contributed by atoms with E-state index in [0.29, 0.717) is 17.3 Å². The minimum absolute atomic E-state index is 0.368. The summed E-state index contributed by atoms with van der Waals surface area (Å²) in [5.74, 6) is 0.641. The van der Waals surface area contributed by atoms with E-state index in [2.05, 4.69) is 22.3 Å². The lowest BCUT2D eigenvalue weighted by molar-refractivity contribution is 0.347. The van der Waals surface area contributed by atoms with Gasteiger partial charge in [-0.15, -0.1) is 11.6 Å². The first-order valence-electron chi connectivity index (χ1n) is 8.22. The summed E-state index contributed by atoms with van der Waals surface area (Å²) in [6.45, 7) is 1.91. The fourth-order valence-electron chi connectivity index (χ4n) is 3.62. The molecule has 112 valence electrons. The maximum Gasteiger partial charge on any atom is 0.0762 e. The molecule has 1 heterocycles. The quantitative estimate of drug-likeness (QED) is 0.835. The summed E-state index contributed by atoms with van der Waals surface area (Å²) in [6, 6.07) is 2.80. The van der Waals surface area contributed by atoms with Gasteiger partial charge < -0.3 is 5.32 Å². The van der Waals surface area contributed by atoms with Gasteiger partial charge in [-0.2, -0.15) is 5.10 Å². The normalized spacial score (nSPS) is 28.1. The fourth-order valence-corrected chi connectivity index (χ4v) is 3.99.